The van der Waals surface area contributed by atoms with Crippen LogP contribution in [0.4, 0.5) is 0 Å². The molecular formula is C119H65N7O3S6. The Morgan fingerprint density at radius 3 is 0.726 bits per heavy atom. The Bertz CT molecular complexity index is 8880. The molecule has 16 heteroatoms. The number of furan rings is 3. The molecular weight excluding hydrogens is 1770 g/mol. The van der Waals surface area contributed by atoms with Crippen molar-refractivity contribution in [2.45, 2.75) is 0 Å². The van der Waals surface area contributed by atoms with Crippen LogP contribution in [0.2, 0.25) is 0 Å². The standard InChI is InChI=1S/2C40H22N2OS2.C39H21N3OS2/c1-4-10-34-26(7-1)27-16-13-24(21-35(27)43-34)33-22-32(23-14-17-38-30(19-23)28-8-2-5-11-36(28)44-38)41-40(42-33)25-15-18-39-31(20-25)29-9-3-6-12-37(29)45-39;1-4-10-34-26(7-1)30-19-23(14-17-35(30)43-34)32-22-33(24-13-16-29-27-8-2-5-11-36(27)45-39(29)21-24)42-40(41-32)25-15-18-38-31(20-25)28-9-3-6-12-37(28)44-38;1-4-10-31-25(7-1)29-19-22(14-17-32(29)43-31)37-40-38(23-15-18-35-30(20-23)27-9-3-6-12-34(27)44-35)42-39(41-37)24-13-16-28-26-8-2-5-11-33(26)45-36(28)21-24/h2*1-22H;1-21H. The van der Waals surface area contributed by atoms with E-state index in [9.17, 15) is 0 Å². The molecule has 0 saturated carbocycles. The zero-order valence-corrected chi connectivity index (χ0v) is 76.2. The van der Waals surface area contributed by atoms with E-state index in [0.29, 0.717) is 29.1 Å². The summed E-state index contributed by atoms with van der Waals surface area (Å²) >= 11 is 10.9. The fraction of sp³-hybridized carbons (Fsp3) is 0. The second-order valence-corrected chi connectivity index (χ2v) is 40.5. The molecule has 0 fully saturated rings. The van der Waals surface area contributed by atoms with E-state index in [1.807, 2.05) is 111 Å². The van der Waals surface area contributed by atoms with Crippen molar-refractivity contribution >= 4 is 255 Å². The summed E-state index contributed by atoms with van der Waals surface area (Å²) in [6.45, 7) is 0. The molecule has 0 atom stereocenters. The zero-order valence-electron chi connectivity index (χ0n) is 71.3. The maximum Gasteiger partial charge on any atom is 0.164 e. The van der Waals surface area contributed by atoms with E-state index in [2.05, 4.69) is 340 Å². The lowest BCUT2D eigenvalue weighted by atomic mass is 10.0. The van der Waals surface area contributed by atoms with Crippen molar-refractivity contribution in [3.63, 3.8) is 0 Å². The summed E-state index contributed by atoms with van der Waals surface area (Å²) in [5, 5.41) is 21.6. The molecule has 0 spiro atoms. The highest BCUT2D eigenvalue weighted by Crippen LogP contribution is 2.47. The molecule has 0 unspecified atom stereocenters. The average molecular weight is 1830 g/mol. The molecule has 0 aliphatic rings. The summed E-state index contributed by atoms with van der Waals surface area (Å²) in [7, 11) is 0. The highest BCUT2D eigenvalue weighted by Gasteiger charge is 2.23. The predicted octanol–water partition coefficient (Wildman–Crippen LogP) is 35.7. The summed E-state index contributed by atoms with van der Waals surface area (Å²) in [6.07, 6.45) is 0. The van der Waals surface area contributed by atoms with Crippen LogP contribution in [0.5, 0.6) is 0 Å². The van der Waals surface area contributed by atoms with Gasteiger partial charge in [0.15, 0.2) is 29.1 Å². The van der Waals surface area contributed by atoms with Gasteiger partial charge in [0.1, 0.15) is 33.5 Å². The van der Waals surface area contributed by atoms with Crippen molar-refractivity contribution in [3.8, 4) is 102 Å². The molecule has 135 heavy (non-hydrogen) atoms. The van der Waals surface area contributed by atoms with Gasteiger partial charge in [0.2, 0.25) is 0 Å². The molecule has 0 aliphatic heterocycles. The molecule has 30 aromatic rings. The second-order valence-electron chi connectivity index (χ2n) is 34.0. The molecule has 0 radical (unpaired) electrons. The zero-order chi connectivity index (χ0) is 88.5. The number of hydrogen-bond donors (Lipinski definition) is 0. The summed E-state index contributed by atoms with van der Waals surface area (Å²) in [6, 6.07) is 139. The lowest BCUT2D eigenvalue weighted by molar-refractivity contribution is 0.668. The van der Waals surface area contributed by atoms with Gasteiger partial charge in [-0.15, -0.1) is 68.0 Å². The number of nitrogens with zero attached hydrogens (tertiary/aromatic N) is 7. The first-order valence-corrected chi connectivity index (χ1v) is 49.4. The van der Waals surface area contributed by atoms with Crippen LogP contribution in [-0.2, 0) is 0 Å². The van der Waals surface area contributed by atoms with Crippen LogP contribution in [0.25, 0.3) is 289 Å². The first-order chi connectivity index (χ1) is 66.7. The smallest absolute Gasteiger partial charge is 0.164 e. The van der Waals surface area contributed by atoms with Gasteiger partial charge in [-0.1, -0.05) is 200 Å². The third-order valence-electron chi connectivity index (χ3n) is 26.0. The Labute approximate surface area is 792 Å². The van der Waals surface area contributed by atoms with Crippen molar-refractivity contribution in [1.82, 2.24) is 34.9 Å². The van der Waals surface area contributed by atoms with E-state index in [0.717, 1.165) is 139 Å². The third-order valence-corrected chi connectivity index (χ3v) is 32.8. The SMILES string of the molecule is c1ccc2c(c1)oc1cc(-c3cc(-c4ccc5sc6ccccc6c5c4)nc(-c4ccc5sc6ccccc6c5c4)n3)ccc12.c1ccc2c(c1)oc1ccc(-c3cc(-c4ccc5c(c4)sc4ccccc45)nc(-c4ccc5sc6ccccc6c5c4)n3)cc12.c1ccc2c(c1)oc1ccc(-c3nc(-c4ccc5c(c4)sc4ccccc45)nc(-c4ccc5sc6ccccc6c5c4)n3)cc12. The molecule has 30 rings (SSSR count). The van der Waals surface area contributed by atoms with Gasteiger partial charge in [0.05, 0.1) is 22.8 Å². The van der Waals surface area contributed by atoms with E-state index < -0.39 is 0 Å². The Morgan fingerprint density at radius 1 is 0.126 bits per heavy atom. The number of benzene rings is 18. The topological polar surface area (TPSA) is 130 Å². The molecule has 0 saturated heterocycles. The number of hydrogen-bond acceptors (Lipinski definition) is 16. The van der Waals surface area contributed by atoms with Crippen molar-refractivity contribution in [3.05, 3.63) is 394 Å². The van der Waals surface area contributed by atoms with Crippen LogP contribution < -0.4 is 0 Å². The van der Waals surface area contributed by atoms with Crippen LogP contribution >= 0.6 is 68.0 Å². The number of para-hydroxylation sites is 3. The number of thiophene rings is 6. The number of rotatable bonds is 9. The van der Waals surface area contributed by atoms with Gasteiger partial charge in [-0.05, 0) is 194 Å². The average Bonchev–Trinajstić information content (AvgIpc) is 1.67. The molecule has 10 nitrogen and oxygen atoms in total. The summed E-state index contributed by atoms with van der Waals surface area (Å²) in [5.74, 6) is 3.37. The highest BCUT2D eigenvalue weighted by atomic mass is 32.1. The number of fused-ring (bicyclic) bond motifs is 27. The molecule has 12 aromatic heterocycles. The second kappa shape index (κ2) is 31.3. The lowest BCUT2D eigenvalue weighted by Gasteiger charge is -2.10. The van der Waals surface area contributed by atoms with Crippen molar-refractivity contribution < 1.29 is 13.3 Å². The minimum absolute atomic E-state index is 0.633. The van der Waals surface area contributed by atoms with E-state index in [1.165, 1.54) is 121 Å². The Morgan fingerprint density at radius 2 is 0.333 bits per heavy atom. The molecule has 0 bridgehead atoms. The fourth-order valence-electron chi connectivity index (χ4n) is 19.4. The molecule has 12 heterocycles. The third kappa shape index (κ3) is 13.4. The van der Waals surface area contributed by atoms with E-state index in [-0.39, 0.29) is 0 Å². The Kier molecular flexibility index (Phi) is 18.0. The van der Waals surface area contributed by atoms with Crippen LogP contribution in [-0.4, -0.2) is 34.9 Å². The van der Waals surface area contributed by atoms with Crippen LogP contribution in [0, 0.1) is 0 Å². The molecule has 18 aromatic carbocycles. The van der Waals surface area contributed by atoms with Crippen molar-refractivity contribution in [2.75, 3.05) is 0 Å². The van der Waals surface area contributed by atoms with Gasteiger partial charge < -0.3 is 13.3 Å². The Hall–Kier alpha value is -16.2. The van der Waals surface area contributed by atoms with Crippen molar-refractivity contribution in [1.29, 1.82) is 0 Å². The van der Waals surface area contributed by atoms with E-state index in [1.54, 1.807) is 11.3 Å². The van der Waals surface area contributed by atoms with Crippen LogP contribution in [0.15, 0.2) is 408 Å². The summed E-state index contributed by atoms with van der Waals surface area (Å²) < 4.78 is 33.8. The van der Waals surface area contributed by atoms with Crippen LogP contribution in [0.3, 0.4) is 0 Å². The van der Waals surface area contributed by atoms with E-state index >= 15 is 0 Å². The van der Waals surface area contributed by atoms with Gasteiger partial charge >= 0.3 is 0 Å². The lowest BCUT2D eigenvalue weighted by Crippen LogP contribution is -2.00. The summed E-state index contributed by atoms with van der Waals surface area (Å²) in [5.41, 5.74) is 17.8. The molecule has 0 N–H and O–H groups in total. The largest absolute Gasteiger partial charge is 0.456 e. The quantitative estimate of drug-likeness (QED) is 0.138. The summed E-state index contributed by atoms with van der Waals surface area (Å²) in [4.78, 5) is 36.1. The first kappa shape index (κ1) is 77.6. The van der Waals surface area contributed by atoms with Crippen LogP contribution in [0.1, 0.15) is 0 Å². The normalized spacial score (nSPS) is 12.0. The maximum absolute atomic E-state index is 6.26. The molecule has 0 amide bonds. The minimum atomic E-state index is 0.633. The first-order valence-electron chi connectivity index (χ1n) is 44.5. The van der Waals surface area contributed by atoms with Crippen molar-refractivity contribution in [2.24, 2.45) is 0 Å². The van der Waals surface area contributed by atoms with Gasteiger partial charge in [-0.3, -0.25) is 0 Å². The van der Waals surface area contributed by atoms with Gasteiger partial charge in [0, 0.05) is 203 Å². The minimum Gasteiger partial charge on any atom is -0.456 e. The number of aromatic nitrogens is 7. The Balaban J connectivity index is 0.000000101. The van der Waals surface area contributed by atoms with Gasteiger partial charge in [0.25, 0.3) is 0 Å². The van der Waals surface area contributed by atoms with Gasteiger partial charge in [-0.25, -0.2) is 34.9 Å². The monoisotopic (exact) mass is 1830 g/mol. The van der Waals surface area contributed by atoms with E-state index in [4.69, 9.17) is 48.1 Å². The molecule has 630 valence electrons. The van der Waals surface area contributed by atoms with Gasteiger partial charge in [-0.2, -0.15) is 0 Å². The predicted molar refractivity (Wildman–Crippen MR) is 572 cm³/mol. The fourth-order valence-corrected chi connectivity index (χ4v) is 26.0. The molecule has 0 aliphatic carbocycles. The highest BCUT2D eigenvalue weighted by molar-refractivity contribution is 7.28. The maximum atomic E-state index is 6.26.